The van der Waals surface area contributed by atoms with Crippen molar-refractivity contribution in [2.75, 3.05) is 17.0 Å². The van der Waals surface area contributed by atoms with Crippen LogP contribution in [-0.2, 0) is 10.0 Å². The third kappa shape index (κ3) is 3.75. The standard InChI is InChI=1S/C15H17BrN2O2S/c16-14-7-8-15(13-4-2-1-3-12(13)14)18-21(19,20)10-9-17-11-5-6-11/h1-4,7-8,11,17-18H,5-6,9-10H2. The molecule has 0 aliphatic heterocycles. The van der Waals surface area contributed by atoms with E-state index in [-0.39, 0.29) is 5.75 Å². The van der Waals surface area contributed by atoms with E-state index in [1.807, 2.05) is 30.3 Å². The van der Waals surface area contributed by atoms with E-state index in [1.54, 1.807) is 6.07 Å². The highest BCUT2D eigenvalue weighted by Crippen LogP contribution is 2.30. The van der Waals surface area contributed by atoms with Gasteiger partial charge in [-0.3, -0.25) is 4.72 Å². The molecule has 0 radical (unpaired) electrons. The fourth-order valence-electron chi connectivity index (χ4n) is 2.25. The van der Waals surface area contributed by atoms with E-state index in [9.17, 15) is 8.42 Å². The molecule has 2 aromatic rings. The zero-order valence-electron chi connectivity index (χ0n) is 11.5. The molecule has 0 unspecified atom stereocenters. The molecule has 112 valence electrons. The predicted octanol–water partition coefficient (Wildman–Crippen LogP) is 3.10. The van der Waals surface area contributed by atoms with Crippen LogP contribution in [0.1, 0.15) is 12.8 Å². The molecule has 0 bridgehead atoms. The monoisotopic (exact) mass is 368 g/mol. The zero-order chi connectivity index (χ0) is 14.9. The van der Waals surface area contributed by atoms with E-state index in [0.717, 1.165) is 28.1 Å². The second-order valence-electron chi connectivity index (χ2n) is 5.29. The third-order valence-electron chi connectivity index (χ3n) is 3.52. The van der Waals surface area contributed by atoms with Gasteiger partial charge in [0.25, 0.3) is 0 Å². The molecule has 6 heteroatoms. The molecule has 3 rings (SSSR count). The number of rotatable bonds is 6. The number of hydrogen-bond acceptors (Lipinski definition) is 3. The first-order chi connectivity index (χ1) is 10.1. The fraction of sp³-hybridized carbons (Fsp3) is 0.333. The molecular weight excluding hydrogens is 352 g/mol. The first-order valence-corrected chi connectivity index (χ1v) is 9.41. The van der Waals surface area contributed by atoms with Crippen molar-refractivity contribution in [3.63, 3.8) is 0 Å². The second-order valence-corrected chi connectivity index (χ2v) is 7.99. The summed E-state index contributed by atoms with van der Waals surface area (Å²) in [7, 11) is -3.33. The Morgan fingerprint density at radius 1 is 1.10 bits per heavy atom. The molecule has 2 aromatic carbocycles. The Morgan fingerprint density at radius 3 is 2.52 bits per heavy atom. The number of hydrogen-bond donors (Lipinski definition) is 2. The maximum Gasteiger partial charge on any atom is 0.233 e. The SMILES string of the molecule is O=S(=O)(CCNC1CC1)Nc1ccc(Br)c2ccccc12. The number of nitrogens with one attached hydrogen (secondary N) is 2. The number of anilines is 1. The first-order valence-electron chi connectivity index (χ1n) is 6.96. The summed E-state index contributed by atoms with van der Waals surface area (Å²) in [5.74, 6) is 0.0912. The summed E-state index contributed by atoms with van der Waals surface area (Å²) in [6.07, 6.45) is 2.32. The first kappa shape index (κ1) is 14.8. The van der Waals surface area contributed by atoms with Crippen molar-refractivity contribution >= 4 is 42.4 Å². The normalized spacial score (nSPS) is 15.3. The Balaban J connectivity index is 1.78. The van der Waals surface area contributed by atoms with Gasteiger partial charge in [-0.05, 0) is 30.4 Å². The Bertz CT molecular complexity index is 757. The quantitative estimate of drug-likeness (QED) is 0.823. The van der Waals surface area contributed by atoms with Crippen molar-refractivity contribution < 1.29 is 8.42 Å². The maximum absolute atomic E-state index is 12.2. The van der Waals surface area contributed by atoms with Crippen LogP contribution in [0, 0.1) is 0 Å². The summed E-state index contributed by atoms with van der Waals surface area (Å²) in [5, 5.41) is 5.11. The Hall–Kier alpha value is -1.11. The molecule has 21 heavy (non-hydrogen) atoms. The van der Waals surface area contributed by atoms with Crippen molar-refractivity contribution in [2.24, 2.45) is 0 Å². The minimum absolute atomic E-state index is 0.0912. The van der Waals surface area contributed by atoms with E-state index in [4.69, 9.17) is 0 Å². The minimum atomic E-state index is -3.33. The smallest absolute Gasteiger partial charge is 0.233 e. The van der Waals surface area contributed by atoms with E-state index >= 15 is 0 Å². The fourth-order valence-corrected chi connectivity index (χ4v) is 3.73. The number of fused-ring (bicyclic) bond motifs is 1. The lowest BCUT2D eigenvalue weighted by atomic mass is 10.1. The summed E-state index contributed by atoms with van der Waals surface area (Å²) < 4.78 is 28.0. The van der Waals surface area contributed by atoms with Crippen molar-refractivity contribution in [3.8, 4) is 0 Å². The molecule has 1 aliphatic carbocycles. The van der Waals surface area contributed by atoms with Gasteiger partial charge in [0, 0.05) is 22.4 Å². The maximum atomic E-state index is 12.2. The van der Waals surface area contributed by atoms with Crippen LogP contribution in [0.3, 0.4) is 0 Å². The van der Waals surface area contributed by atoms with Crippen LogP contribution in [0.5, 0.6) is 0 Å². The second kappa shape index (κ2) is 5.94. The highest BCUT2D eigenvalue weighted by Gasteiger charge is 2.21. The van der Waals surface area contributed by atoms with E-state index in [1.165, 1.54) is 0 Å². The molecule has 4 nitrogen and oxygen atoms in total. The molecule has 0 spiro atoms. The van der Waals surface area contributed by atoms with Gasteiger partial charge in [-0.15, -0.1) is 0 Å². The van der Waals surface area contributed by atoms with Gasteiger partial charge in [0.05, 0.1) is 11.4 Å². The van der Waals surface area contributed by atoms with Gasteiger partial charge in [0.2, 0.25) is 10.0 Å². The van der Waals surface area contributed by atoms with E-state index in [2.05, 4.69) is 26.0 Å². The summed E-state index contributed by atoms with van der Waals surface area (Å²) in [6.45, 7) is 0.495. The van der Waals surface area contributed by atoms with Crippen molar-refractivity contribution in [1.29, 1.82) is 0 Å². The highest BCUT2D eigenvalue weighted by molar-refractivity contribution is 9.10. The van der Waals surface area contributed by atoms with Gasteiger partial charge in [-0.2, -0.15) is 0 Å². The summed E-state index contributed by atoms with van der Waals surface area (Å²) in [6, 6.07) is 11.9. The molecule has 0 atom stereocenters. The topological polar surface area (TPSA) is 58.2 Å². The Morgan fingerprint density at radius 2 is 1.81 bits per heavy atom. The van der Waals surface area contributed by atoms with Crippen LogP contribution in [0.15, 0.2) is 40.9 Å². The average molecular weight is 369 g/mol. The van der Waals surface area contributed by atoms with Crippen LogP contribution in [-0.4, -0.2) is 26.8 Å². The van der Waals surface area contributed by atoms with Crippen molar-refractivity contribution in [1.82, 2.24) is 5.32 Å². The molecule has 0 saturated heterocycles. The molecular formula is C15H17BrN2O2S. The molecule has 0 amide bonds. The van der Waals surface area contributed by atoms with Crippen molar-refractivity contribution in [2.45, 2.75) is 18.9 Å². The molecule has 0 heterocycles. The third-order valence-corrected chi connectivity index (χ3v) is 5.48. The van der Waals surface area contributed by atoms with Crippen LogP contribution < -0.4 is 10.0 Å². The lowest BCUT2D eigenvalue weighted by molar-refractivity contribution is 0.595. The molecule has 2 N–H and O–H groups in total. The van der Waals surface area contributed by atoms with E-state index in [0.29, 0.717) is 18.3 Å². The van der Waals surface area contributed by atoms with Crippen LogP contribution in [0.4, 0.5) is 5.69 Å². The molecule has 1 fully saturated rings. The Kier molecular flexibility index (Phi) is 4.19. The molecule has 1 aliphatic rings. The summed E-state index contributed by atoms with van der Waals surface area (Å²) in [5.41, 5.74) is 0.625. The van der Waals surface area contributed by atoms with Crippen molar-refractivity contribution in [3.05, 3.63) is 40.9 Å². The van der Waals surface area contributed by atoms with Gasteiger partial charge in [-0.25, -0.2) is 8.42 Å². The minimum Gasteiger partial charge on any atom is -0.313 e. The van der Waals surface area contributed by atoms with Crippen LogP contribution >= 0.6 is 15.9 Å². The summed E-state index contributed by atoms with van der Waals surface area (Å²) >= 11 is 3.49. The Labute approximate surface area is 133 Å². The van der Waals surface area contributed by atoms with Gasteiger partial charge in [-0.1, -0.05) is 40.2 Å². The predicted molar refractivity (Wildman–Crippen MR) is 90.1 cm³/mol. The lowest BCUT2D eigenvalue weighted by Gasteiger charge is -2.12. The van der Waals surface area contributed by atoms with Crippen LogP contribution in [0.2, 0.25) is 0 Å². The number of sulfonamides is 1. The lowest BCUT2D eigenvalue weighted by Crippen LogP contribution is -2.28. The van der Waals surface area contributed by atoms with Gasteiger partial charge in [0.15, 0.2) is 0 Å². The highest BCUT2D eigenvalue weighted by atomic mass is 79.9. The number of benzene rings is 2. The van der Waals surface area contributed by atoms with Gasteiger partial charge >= 0.3 is 0 Å². The average Bonchev–Trinajstić information content (AvgIpc) is 3.26. The molecule has 1 saturated carbocycles. The largest absolute Gasteiger partial charge is 0.313 e. The van der Waals surface area contributed by atoms with Gasteiger partial charge < -0.3 is 5.32 Å². The van der Waals surface area contributed by atoms with Crippen LogP contribution in [0.25, 0.3) is 10.8 Å². The van der Waals surface area contributed by atoms with Gasteiger partial charge in [0.1, 0.15) is 0 Å². The van der Waals surface area contributed by atoms with E-state index < -0.39 is 10.0 Å². The zero-order valence-corrected chi connectivity index (χ0v) is 13.9. The summed E-state index contributed by atoms with van der Waals surface area (Å²) in [4.78, 5) is 0. The molecule has 0 aromatic heterocycles. The number of halogens is 1.